The van der Waals surface area contributed by atoms with Crippen LogP contribution in [0, 0.1) is 6.92 Å². The Morgan fingerprint density at radius 2 is 2.00 bits per heavy atom. The Bertz CT molecular complexity index is 654. The topological polar surface area (TPSA) is 84.6 Å². The molecular weight excluding hydrogens is 256 g/mol. The Balaban J connectivity index is 2.32. The van der Waals surface area contributed by atoms with Crippen LogP contribution < -0.4 is 15.8 Å². The number of aromatic carboxylic acids is 1. The lowest BCUT2D eigenvalue weighted by atomic mass is 10.1. The molecule has 5 nitrogen and oxygen atoms in total. The zero-order valence-corrected chi connectivity index (χ0v) is 11.3. The third kappa shape index (κ3) is 2.83. The molecule has 2 aromatic carbocycles. The number of rotatable bonds is 4. The van der Waals surface area contributed by atoms with Gasteiger partial charge in [-0.25, -0.2) is 4.79 Å². The fourth-order valence-electron chi connectivity index (χ4n) is 1.91. The molecule has 0 heterocycles. The minimum Gasteiger partial charge on any atom is -0.496 e. The summed E-state index contributed by atoms with van der Waals surface area (Å²) in [5.74, 6) is -0.193. The highest BCUT2D eigenvalue weighted by Crippen LogP contribution is 2.27. The molecule has 0 radical (unpaired) electrons. The molecule has 20 heavy (non-hydrogen) atoms. The number of anilines is 3. The first-order valence-electron chi connectivity index (χ1n) is 6.05. The molecule has 0 aromatic heterocycles. The van der Waals surface area contributed by atoms with Crippen molar-refractivity contribution in [3.63, 3.8) is 0 Å². The van der Waals surface area contributed by atoms with Gasteiger partial charge in [-0.05, 0) is 48.9 Å². The van der Waals surface area contributed by atoms with Crippen molar-refractivity contribution in [2.24, 2.45) is 0 Å². The lowest BCUT2D eigenvalue weighted by Gasteiger charge is -2.12. The van der Waals surface area contributed by atoms with Crippen LogP contribution in [0.15, 0.2) is 36.4 Å². The fourth-order valence-corrected chi connectivity index (χ4v) is 1.91. The molecule has 4 N–H and O–H groups in total. The smallest absolute Gasteiger partial charge is 0.335 e. The molecule has 0 saturated heterocycles. The van der Waals surface area contributed by atoms with Crippen LogP contribution >= 0.6 is 0 Å². The molecule has 0 atom stereocenters. The van der Waals surface area contributed by atoms with Crippen LogP contribution in [0.4, 0.5) is 17.1 Å². The molecule has 0 amide bonds. The second-order valence-electron chi connectivity index (χ2n) is 4.42. The maximum atomic E-state index is 11.0. The van der Waals surface area contributed by atoms with Gasteiger partial charge >= 0.3 is 5.97 Å². The van der Waals surface area contributed by atoms with E-state index in [2.05, 4.69) is 5.32 Å². The number of methoxy groups -OCH3 is 1. The largest absolute Gasteiger partial charge is 0.496 e. The predicted molar refractivity (Wildman–Crippen MR) is 78.8 cm³/mol. The van der Waals surface area contributed by atoms with E-state index in [1.165, 1.54) is 12.1 Å². The quantitative estimate of drug-likeness (QED) is 0.745. The molecule has 5 heteroatoms. The summed E-state index contributed by atoms with van der Waals surface area (Å²) in [6, 6.07) is 10.2. The second-order valence-corrected chi connectivity index (χ2v) is 4.42. The van der Waals surface area contributed by atoms with Gasteiger partial charge in [0.25, 0.3) is 0 Å². The molecule has 0 bridgehead atoms. The van der Waals surface area contributed by atoms with E-state index < -0.39 is 5.97 Å². The fraction of sp³-hybridized carbons (Fsp3) is 0.133. The minimum atomic E-state index is -0.987. The number of aryl methyl sites for hydroxylation is 1. The summed E-state index contributed by atoms with van der Waals surface area (Å²) >= 11 is 0. The Morgan fingerprint density at radius 3 is 2.60 bits per heavy atom. The first kappa shape index (κ1) is 13.7. The maximum absolute atomic E-state index is 11.0. The molecule has 0 aliphatic heterocycles. The van der Waals surface area contributed by atoms with Crippen molar-refractivity contribution in [2.45, 2.75) is 6.92 Å². The van der Waals surface area contributed by atoms with Crippen LogP contribution in [0.2, 0.25) is 0 Å². The van der Waals surface area contributed by atoms with Crippen molar-refractivity contribution in [1.29, 1.82) is 0 Å². The van der Waals surface area contributed by atoms with Crippen molar-refractivity contribution in [1.82, 2.24) is 0 Å². The number of carboxylic acid groups (broad SMARTS) is 1. The number of hydrogen-bond donors (Lipinski definition) is 3. The highest BCUT2D eigenvalue weighted by atomic mass is 16.5. The first-order chi connectivity index (χ1) is 9.51. The third-order valence-corrected chi connectivity index (χ3v) is 2.97. The summed E-state index contributed by atoms with van der Waals surface area (Å²) in [6.45, 7) is 1.93. The number of ether oxygens (including phenoxy) is 1. The number of benzene rings is 2. The van der Waals surface area contributed by atoms with Gasteiger partial charge in [0.15, 0.2) is 0 Å². The van der Waals surface area contributed by atoms with E-state index in [0.717, 1.165) is 17.0 Å². The second kappa shape index (κ2) is 5.52. The summed E-state index contributed by atoms with van der Waals surface area (Å²) in [5, 5.41) is 12.1. The molecule has 0 aliphatic carbocycles. The maximum Gasteiger partial charge on any atom is 0.335 e. The van der Waals surface area contributed by atoms with Crippen molar-refractivity contribution >= 4 is 23.0 Å². The molecule has 0 fully saturated rings. The molecule has 2 rings (SSSR count). The van der Waals surface area contributed by atoms with E-state index in [4.69, 9.17) is 15.6 Å². The van der Waals surface area contributed by atoms with Crippen LogP contribution in [0.3, 0.4) is 0 Å². The predicted octanol–water partition coefficient (Wildman–Crippen LogP) is 3.03. The van der Waals surface area contributed by atoms with E-state index in [-0.39, 0.29) is 5.56 Å². The molecule has 0 unspecified atom stereocenters. The van der Waals surface area contributed by atoms with E-state index >= 15 is 0 Å². The van der Waals surface area contributed by atoms with Gasteiger partial charge < -0.3 is 20.9 Å². The number of nitrogens with one attached hydrogen (secondary N) is 1. The Morgan fingerprint density at radius 1 is 1.25 bits per heavy atom. The van der Waals surface area contributed by atoms with Gasteiger partial charge in [0.05, 0.1) is 24.0 Å². The van der Waals surface area contributed by atoms with Gasteiger partial charge in [-0.2, -0.15) is 0 Å². The van der Waals surface area contributed by atoms with Gasteiger partial charge in [-0.3, -0.25) is 0 Å². The van der Waals surface area contributed by atoms with Crippen LogP contribution in [-0.4, -0.2) is 18.2 Å². The summed E-state index contributed by atoms with van der Waals surface area (Å²) < 4.78 is 5.19. The van der Waals surface area contributed by atoms with Gasteiger partial charge in [0.1, 0.15) is 5.75 Å². The number of hydrogen-bond acceptors (Lipinski definition) is 4. The number of carboxylic acids is 1. The zero-order valence-electron chi connectivity index (χ0n) is 11.3. The van der Waals surface area contributed by atoms with Crippen LogP contribution in [-0.2, 0) is 0 Å². The normalized spacial score (nSPS) is 10.1. The van der Waals surface area contributed by atoms with Gasteiger partial charge in [0.2, 0.25) is 0 Å². The van der Waals surface area contributed by atoms with Gasteiger partial charge in [-0.1, -0.05) is 0 Å². The van der Waals surface area contributed by atoms with Crippen LogP contribution in [0.1, 0.15) is 15.9 Å². The number of nitrogen functional groups attached to an aromatic ring is 1. The molecule has 0 saturated carbocycles. The average Bonchev–Trinajstić information content (AvgIpc) is 2.41. The van der Waals surface area contributed by atoms with Gasteiger partial charge in [-0.15, -0.1) is 0 Å². The van der Waals surface area contributed by atoms with Crippen LogP contribution in [0.5, 0.6) is 5.75 Å². The summed E-state index contributed by atoms with van der Waals surface area (Å²) in [7, 11) is 1.61. The minimum absolute atomic E-state index is 0.187. The molecule has 0 aliphatic rings. The first-order valence-corrected chi connectivity index (χ1v) is 6.05. The lowest BCUT2D eigenvalue weighted by Crippen LogP contribution is -2.01. The lowest BCUT2D eigenvalue weighted by molar-refractivity contribution is 0.0697. The molecule has 2 aromatic rings. The Hall–Kier alpha value is -2.69. The zero-order chi connectivity index (χ0) is 14.7. The van der Waals surface area contributed by atoms with E-state index in [1.54, 1.807) is 13.2 Å². The standard InChI is InChI=1S/C15H16N2O3/c1-9-7-11(4-6-14(9)20-2)17-13-8-10(15(18)19)3-5-12(13)16/h3-8,17H,16H2,1-2H3,(H,18,19). The highest BCUT2D eigenvalue weighted by Gasteiger charge is 2.07. The molecular formula is C15H16N2O3. The summed E-state index contributed by atoms with van der Waals surface area (Å²) in [4.78, 5) is 11.0. The SMILES string of the molecule is COc1ccc(Nc2cc(C(=O)O)ccc2N)cc1C. The van der Waals surface area contributed by atoms with Crippen molar-refractivity contribution in [3.8, 4) is 5.75 Å². The molecule has 104 valence electrons. The van der Waals surface area contributed by atoms with Crippen molar-refractivity contribution < 1.29 is 14.6 Å². The van der Waals surface area contributed by atoms with E-state index in [9.17, 15) is 4.79 Å². The summed E-state index contributed by atoms with van der Waals surface area (Å²) in [5.41, 5.74) is 8.89. The molecule has 0 spiro atoms. The third-order valence-electron chi connectivity index (χ3n) is 2.97. The number of carbonyl (C=O) groups is 1. The van der Waals surface area contributed by atoms with E-state index in [0.29, 0.717) is 11.4 Å². The van der Waals surface area contributed by atoms with Crippen LogP contribution in [0.25, 0.3) is 0 Å². The number of nitrogens with two attached hydrogens (primary N) is 1. The van der Waals surface area contributed by atoms with Gasteiger partial charge in [0, 0.05) is 5.69 Å². The van der Waals surface area contributed by atoms with Crippen molar-refractivity contribution in [2.75, 3.05) is 18.2 Å². The Kier molecular flexibility index (Phi) is 3.79. The van der Waals surface area contributed by atoms with Crippen molar-refractivity contribution in [3.05, 3.63) is 47.5 Å². The summed E-state index contributed by atoms with van der Waals surface area (Å²) in [6.07, 6.45) is 0. The Labute approximate surface area is 117 Å². The average molecular weight is 272 g/mol. The van der Waals surface area contributed by atoms with E-state index in [1.807, 2.05) is 25.1 Å². The monoisotopic (exact) mass is 272 g/mol. The highest BCUT2D eigenvalue weighted by molar-refractivity contribution is 5.91.